The number of aliphatic hydroxyl groups is 8. The smallest absolute Gasteiger partial charge is 0.394 e. The van der Waals surface area contributed by atoms with Crippen LogP contribution in [0.2, 0.25) is 0 Å². The molecule has 3 saturated heterocycles. The zero-order valence-corrected chi connectivity index (χ0v) is 22.4. The van der Waals surface area contributed by atoms with Crippen molar-refractivity contribution in [2.45, 2.75) is 112 Å². The van der Waals surface area contributed by atoms with Gasteiger partial charge in [0.2, 0.25) is 0 Å². The molecule has 3 aliphatic heterocycles. The topological polar surface area (TPSA) is 281 Å². The summed E-state index contributed by atoms with van der Waals surface area (Å²) in [6.07, 6.45) is -24.7. The fourth-order valence-corrected chi connectivity index (χ4v) is 5.10. The molecule has 0 aromatic carbocycles. The van der Waals surface area contributed by atoms with Crippen molar-refractivity contribution in [1.82, 2.24) is 0 Å². The van der Waals surface area contributed by atoms with Crippen molar-refractivity contribution in [3.05, 3.63) is 0 Å². The van der Waals surface area contributed by atoms with Crippen molar-refractivity contribution >= 4 is 10.4 Å². The lowest BCUT2D eigenvalue weighted by molar-refractivity contribution is -0.385. The Kier molecular flexibility index (Phi) is 12.0. The summed E-state index contributed by atoms with van der Waals surface area (Å²) in [4.78, 5) is 0. The maximum absolute atomic E-state index is 11.3. The normalized spacial score (nSPS) is 46.8. The number of hydrogen-bond donors (Lipinski definition) is 9. The molecule has 0 unspecified atom stereocenters. The van der Waals surface area contributed by atoms with E-state index >= 15 is 0 Å². The van der Waals surface area contributed by atoms with E-state index in [1.165, 1.54) is 6.92 Å². The number of ether oxygens (including phenoxy) is 6. The molecule has 0 aliphatic carbocycles. The van der Waals surface area contributed by atoms with Gasteiger partial charge in [-0.15, -0.1) is 0 Å². The van der Waals surface area contributed by atoms with Gasteiger partial charge in [-0.05, 0) is 13.3 Å². The highest BCUT2D eigenvalue weighted by Crippen LogP contribution is 2.34. The van der Waals surface area contributed by atoms with Gasteiger partial charge in [0.15, 0.2) is 18.9 Å². The predicted octanol–water partition coefficient (Wildman–Crippen LogP) is -5.28. The molecule has 236 valence electrons. The first-order valence-corrected chi connectivity index (χ1v) is 13.9. The molecule has 0 amide bonds. The molecule has 3 heterocycles. The van der Waals surface area contributed by atoms with Crippen LogP contribution in [0.1, 0.15) is 20.3 Å². The average molecular weight is 611 g/mol. The van der Waals surface area contributed by atoms with Crippen LogP contribution in [0, 0.1) is 0 Å². The van der Waals surface area contributed by atoms with E-state index in [0.29, 0.717) is 6.42 Å². The second-order valence-corrected chi connectivity index (χ2v) is 10.7. The molecule has 3 rings (SSSR count). The second kappa shape index (κ2) is 14.2. The molecule has 3 aliphatic rings. The van der Waals surface area contributed by atoms with E-state index in [1.54, 1.807) is 6.92 Å². The van der Waals surface area contributed by atoms with E-state index in [1.807, 2.05) is 0 Å². The first kappa shape index (κ1) is 33.8. The minimum absolute atomic E-state index is 0.0930. The van der Waals surface area contributed by atoms with Crippen LogP contribution in [0.5, 0.6) is 0 Å². The molecule has 19 heteroatoms. The summed E-state index contributed by atoms with van der Waals surface area (Å²) in [5.41, 5.74) is 0. The fraction of sp³-hybridized carbons (Fsp3) is 1.00. The molecule has 0 saturated carbocycles. The van der Waals surface area contributed by atoms with Gasteiger partial charge in [0, 0.05) is 6.61 Å². The van der Waals surface area contributed by atoms with Crippen molar-refractivity contribution in [2.24, 2.45) is 0 Å². The summed E-state index contributed by atoms with van der Waals surface area (Å²) < 4.78 is 69.5. The van der Waals surface area contributed by atoms with Crippen LogP contribution in [-0.2, 0) is 43.0 Å². The van der Waals surface area contributed by atoms with Crippen molar-refractivity contribution in [2.75, 3.05) is 19.8 Å². The monoisotopic (exact) mass is 610 g/mol. The third kappa shape index (κ3) is 7.63. The Hall–Kier alpha value is -0.690. The van der Waals surface area contributed by atoms with Crippen LogP contribution in [0.25, 0.3) is 0 Å². The Morgan fingerprint density at radius 2 is 1.23 bits per heavy atom. The van der Waals surface area contributed by atoms with E-state index < -0.39 is 116 Å². The number of rotatable bonds is 11. The number of aliphatic hydroxyl groups excluding tert-OH is 8. The highest BCUT2D eigenvalue weighted by atomic mass is 32.3. The van der Waals surface area contributed by atoms with Gasteiger partial charge >= 0.3 is 10.4 Å². The van der Waals surface area contributed by atoms with E-state index in [4.69, 9.17) is 33.0 Å². The van der Waals surface area contributed by atoms with Crippen LogP contribution in [0.4, 0.5) is 0 Å². The predicted molar refractivity (Wildman–Crippen MR) is 124 cm³/mol. The van der Waals surface area contributed by atoms with Crippen molar-refractivity contribution in [1.29, 1.82) is 0 Å². The zero-order chi connectivity index (χ0) is 29.9. The van der Waals surface area contributed by atoms with Crippen LogP contribution < -0.4 is 0 Å². The first-order chi connectivity index (χ1) is 18.7. The van der Waals surface area contributed by atoms with Gasteiger partial charge in [0.05, 0.1) is 19.3 Å². The van der Waals surface area contributed by atoms with Gasteiger partial charge < -0.3 is 69.3 Å². The van der Waals surface area contributed by atoms with E-state index in [9.17, 15) is 49.3 Å². The van der Waals surface area contributed by atoms with Crippen molar-refractivity contribution in [3.8, 4) is 0 Å². The molecular weight excluding hydrogens is 572 g/mol. The molecular formula is C21H38O18S. The quantitative estimate of drug-likeness (QED) is 0.0987. The van der Waals surface area contributed by atoms with Crippen LogP contribution in [-0.4, -0.2) is 166 Å². The minimum atomic E-state index is -5.22. The average Bonchev–Trinajstić information content (AvgIpc) is 2.90. The lowest BCUT2D eigenvalue weighted by Gasteiger charge is -2.49. The molecule has 0 radical (unpaired) electrons. The summed E-state index contributed by atoms with van der Waals surface area (Å²) in [5.74, 6) is 0. The molecule has 3 fully saturated rings. The lowest BCUT2D eigenvalue weighted by atomic mass is 9.96. The minimum Gasteiger partial charge on any atom is -0.394 e. The van der Waals surface area contributed by atoms with Crippen molar-refractivity contribution < 1.29 is 86.4 Å². The highest BCUT2D eigenvalue weighted by Gasteiger charge is 2.55. The van der Waals surface area contributed by atoms with Gasteiger partial charge in [0.1, 0.15) is 67.1 Å². The summed E-state index contributed by atoms with van der Waals surface area (Å²) in [6.45, 7) is 1.56. The molecule has 15 atom stereocenters. The first-order valence-electron chi connectivity index (χ1n) is 12.6. The maximum atomic E-state index is 11.3. The van der Waals surface area contributed by atoms with Gasteiger partial charge in [-0.2, -0.15) is 8.42 Å². The Bertz CT molecular complexity index is 893. The van der Waals surface area contributed by atoms with Gasteiger partial charge in [-0.3, -0.25) is 4.55 Å². The molecule has 0 spiro atoms. The van der Waals surface area contributed by atoms with Crippen molar-refractivity contribution in [3.63, 3.8) is 0 Å². The summed E-state index contributed by atoms with van der Waals surface area (Å²) in [5, 5.41) is 82.3. The fourth-order valence-electron chi connectivity index (χ4n) is 4.59. The molecule has 0 aromatic rings. The van der Waals surface area contributed by atoms with E-state index in [2.05, 4.69) is 4.18 Å². The third-order valence-electron chi connectivity index (χ3n) is 6.73. The van der Waals surface area contributed by atoms with Crippen LogP contribution in [0.15, 0.2) is 0 Å². The van der Waals surface area contributed by atoms with E-state index in [0.717, 1.165) is 0 Å². The van der Waals surface area contributed by atoms with Crippen LogP contribution in [0.3, 0.4) is 0 Å². The summed E-state index contributed by atoms with van der Waals surface area (Å²) in [6, 6.07) is 0. The highest BCUT2D eigenvalue weighted by molar-refractivity contribution is 7.80. The van der Waals surface area contributed by atoms with Gasteiger partial charge in [-0.25, -0.2) is 4.18 Å². The maximum Gasteiger partial charge on any atom is 0.397 e. The van der Waals surface area contributed by atoms with Gasteiger partial charge in [-0.1, -0.05) is 6.92 Å². The Morgan fingerprint density at radius 1 is 0.675 bits per heavy atom. The third-order valence-corrected chi connectivity index (χ3v) is 7.19. The Labute approximate surface area is 229 Å². The Balaban J connectivity index is 1.92. The van der Waals surface area contributed by atoms with Gasteiger partial charge in [0.25, 0.3) is 0 Å². The molecule has 40 heavy (non-hydrogen) atoms. The second-order valence-electron chi connectivity index (χ2n) is 9.66. The zero-order valence-electron chi connectivity index (χ0n) is 21.6. The molecule has 9 N–H and O–H groups in total. The van der Waals surface area contributed by atoms with E-state index in [-0.39, 0.29) is 6.61 Å². The molecule has 0 aromatic heterocycles. The standard InChI is InChI=1S/C21H38O18S/c1-3-4-33-19-15(29)18(38-21-14(28)17(39-40(30,31)32)11(25)8(5-22)35-21)16(9(6-23)36-19)37-20-13(27)12(26)10(24)7(2)34-20/h7-29H,3-6H2,1-2H3,(H,30,31,32)/t7-,8+,9+,10+,11-,12+,13-,14+,15+,16+,17-,18+,19+,20-,21-/m0/s1. The molecule has 18 nitrogen and oxygen atoms in total. The summed E-state index contributed by atoms with van der Waals surface area (Å²) in [7, 11) is -5.22. The number of hydrogen-bond acceptors (Lipinski definition) is 17. The molecule has 0 bridgehead atoms. The summed E-state index contributed by atoms with van der Waals surface area (Å²) >= 11 is 0. The largest absolute Gasteiger partial charge is 0.397 e. The Morgan fingerprint density at radius 3 is 1.80 bits per heavy atom. The SMILES string of the molecule is CCCO[C@@H]1O[C@H](CO)[C@@H](O[C@@H]2O[C@@H](C)[C@@H](O)[C@@H](O)[C@@H]2O)[C@H](O[C@@H]2O[C@H](CO)[C@H](O)[C@H](OS(=O)(=O)O)[C@H]2O)[C@H]1O. The van der Waals surface area contributed by atoms with Crippen LogP contribution >= 0.6 is 0 Å². The lowest BCUT2D eigenvalue weighted by Crippen LogP contribution is -2.67.